The van der Waals surface area contributed by atoms with Gasteiger partial charge in [-0.2, -0.15) is 0 Å². The van der Waals surface area contributed by atoms with E-state index in [9.17, 15) is 9.59 Å². The van der Waals surface area contributed by atoms with Crippen molar-refractivity contribution in [1.29, 1.82) is 0 Å². The van der Waals surface area contributed by atoms with Gasteiger partial charge in [-0.15, -0.1) is 0 Å². The summed E-state index contributed by atoms with van der Waals surface area (Å²) in [7, 11) is 0. The molecule has 0 aliphatic carbocycles. The lowest BCUT2D eigenvalue weighted by Gasteiger charge is -2.29. The highest BCUT2D eigenvalue weighted by Gasteiger charge is 2.29. The number of hydrogen-bond acceptors (Lipinski definition) is 4. The molecular weight excluding hydrogens is 236 g/mol. The van der Waals surface area contributed by atoms with E-state index in [1.165, 1.54) is 6.92 Å². The summed E-state index contributed by atoms with van der Waals surface area (Å²) < 4.78 is 0. The summed E-state index contributed by atoms with van der Waals surface area (Å²) in [5, 5.41) is 23.2. The van der Waals surface area contributed by atoms with Gasteiger partial charge in [-0.3, -0.25) is 9.59 Å². The summed E-state index contributed by atoms with van der Waals surface area (Å²) in [6, 6.07) is -0.728. The van der Waals surface area contributed by atoms with Gasteiger partial charge < -0.3 is 20.8 Å². The van der Waals surface area contributed by atoms with E-state index in [4.69, 9.17) is 10.2 Å². The second-order valence-corrected chi connectivity index (χ2v) is 5.81. The molecule has 0 aromatic heterocycles. The van der Waals surface area contributed by atoms with Crippen LogP contribution in [0.2, 0.25) is 0 Å². The van der Waals surface area contributed by atoms with Crippen molar-refractivity contribution in [3.05, 3.63) is 0 Å². The Balaban J connectivity index is 4.49. The molecule has 0 bridgehead atoms. The zero-order chi connectivity index (χ0) is 14.6. The van der Waals surface area contributed by atoms with E-state index in [0.717, 1.165) is 0 Å². The fraction of sp³-hybridized carbons (Fsp3) is 0.833. The Morgan fingerprint density at radius 2 is 1.56 bits per heavy atom. The molecule has 0 fully saturated rings. The molecule has 106 valence electrons. The van der Waals surface area contributed by atoms with Crippen LogP contribution in [0.5, 0.6) is 0 Å². The number of aliphatic hydroxyl groups excluding tert-OH is 2. The fourth-order valence-corrected chi connectivity index (χ4v) is 1.01. The lowest BCUT2D eigenvalue weighted by atomic mass is 9.95. The van der Waals surface area contributed by atoms with Crippen molar-refractivity contribution < 1.29 is 19.8 Å². The SMILES string of the molecule is CC(NC(=O)C(C)(C)C)C(=O)NC(C)(CO)CO. The first kappa shape index (κ1) is 16.9. The number of carbonyl (C=O) groups excluding carboxylic acids is 2. The van der Waals surface area contributed by atoms with Crippen LogP contribution in [0.1, 0.15) is 34.6 Å². The average molecular weight is 260 g/mol. The molecule has 6 nitrogen and oxygen atoms in total. The second kappa shape index (κ2) is 6.15. The van der Waals surface area contributed by atoms with E-state index in [1.54, 1.807) is 27.7 Å². The third kappa shape index (κ3) is 5.01. The molecule has 0 spiro atoms. The van der Waals surface area contributed by atoms with E-state index in [-0.39, 0.29) is 19.1 Å². The van der Waals surface area contributed by atoms with Crippen LogP contribution in [0.25, 0.3) is 0 Å². The lowest BCUT2D eigenvalue weighted by Crippen LogP contribution is -2.57. The number of amides is 2. The Labute approximate surface area is 108 Å². The van der Waals surface area contributed by atoms with Gasteiger partial charge in [0, 0.05) is 5.41 Å². The third-order valence-corrected chi connectivity index (χ3v) is 2.54. The maximum Gasteiger partial charge on any atom is 0.242 e. The van der Waals surface area contributed by atoms with Crippen molar-refractivity contribution >= 4 is 11.8 Å². The normalized spacial score (nSPS) is 13.9. The molecule has 0 aromatic carbocycles. The summed E-state index contributed by atoms with van der Waals surface area (Å²) in [6.45, 7) is 7.55. The maximum absolute atomic E-state index is 11.8. The molecule has 0 saturated heterocycles. The van der Waals surface area contributed by atoms with Gasteiger partial charge in [-0.25, -0.2) is 0 Å². The predicted molar refractivity (Wildman–Crippen MR) is 67.8 cm³/mol. The molecule has 0 aliphatic heterocycles. The van der Waals surface area contributed by atoms with Crippen LogP contribution in [0.4, 0.5) is 0 Å². The van der Waals surface area contributed by atoms with Crippen molar-refractivity contribution in [2.75, 3.05) is 13.2 Å². The first-order chi connectivity index (χ1) is 8.05. The van der Waals surface area contributed by atoms with Crippen molar-refractivity contribution in [2.24, 2.45) is 5.41 Å². The molecule has 18 heavy (non-hydrogen) atoms. The Morgan fingerprint density at radius 3 is 1.89 bits per heavy atom. The van der Waals surface area contributed by atoms with Crippen molar-refractivity contribution in [3.8, 4) is 0 Å². The van der Waals surface area contributed by atoms with Crippen LogP contribution < -0.4 is 10.6 Å². The monoisotopic (exact) mass is 260 g/mol. The number of aliphatic hydroxyl groups is 2. The molecule has 0 saturated carbocycles. The molecule has 0 aliphatic rings. The number of nitrogens with one attached hydrogen (secondary N) is 2. The molecule has 0 heterocycles. The first-order valence-electron chi connectivity index (χ1n) is 5.90. The second-order valence-electron chi connectivity index (χ2n) is 5.81. The van der Waals surface area contributed by atoms with E-state index in [2.05, 4.69) is 10.6 Å². The molecule has 0 rings (SSSR count). The fourth-order valence-electron chi connectivity index (χ4n) is 1.01. The van der Waals surface area contributed by atoms with E-state index >= 15 is 0 Å². The molecule has 1 atom stereocenters. The molecular formula is C12H24N2O4. The van der Waals surface area contributed by atoms with Crippen molar-refractivity contribution in [3.63, 3.8) is 0 Å². The topological polar surface area (TPSA) is 98.7 Å². The molecule has 0 aromatic rings. The first-order valence-corrected chi connectivity index (χ1v) is 5.90. The van der Waals surface area contributed by atoms with Gasteiger partial charge in [0.2, 0.25) is 11.8 Å². The summed E-state index contributed by atoms with van der Waals surface area (Å²) in [6.07, 6.45) is 0. The van der Waals surface area contributed by atoms with Crippen LogP contribution in [0.15, 0.2) is 0 Å². The van der Waals surface area contributed by atoms with Gasteiger partial charge in [0.25, 0.3) is 0 Å². The van der Waals surface area contributed by atoms with E-state index in [0.29, 0.717) is 0 Å². The maximum atomic E-state index is 11.8. The Bertz CT molecular complexity index is 306. The van der Waals surface area contributed by atoms with Crippen LogP contribution in [0, 0.1) is 5.41 Å². The predicted octanol–water partition coefficient (Wildman–Crippen LogP) is -0.603. The van der Waals surface area contributed by atoms with Gasteiger partial charge in [0.15, 0.2) is 0 Å². The summed E-state index contributed by atoms with van der Waals surface area (Å²) >= 11 is 0. The highest BCUT2D eigenvalue weighted by Crippen LogP contribution is 2.13. The minimum absolute atomic E-state index is 0.236. The van der Waals surface area contributed by atoms with E-state index < -0.39 is 22.9 Å². The van der Waals surface area contributed by atoms with Crippen LogP contribution in [0.3, 0.4) is 0 Å². The quantitative estimate of drug-likeness (QED) is 0.530. The highest BCUT2D eigenvalue weighted by atomic mass is 16.3. The molecule has 6 heteroatoms. The summed E-state index contributed by atoms with van der Waals surface area (Å²) in [5.74, 6) is -0.682. The number of carbonyl (C=O) groups is 2. The highest BCUT2D eigenvalue weighted by molar-refractivity contribution is 5.89. The minimum Gasteiger partial charge on any atom is -0.394 e. The van der Waals surface area contributed by atoms with E-state index in [1.807, 2.05) is 0 Å². The van der Waals surface area contributed by atoms with Crippen LogP contribution >= 0.6 is 0 Å². The third-order valence-electron chi connectivity index (χ3n) is 2.54. The summed E-state index contributed by atoms with van der Waals surface area (Å²) in [5.41, 5.74) is -1.66. The van der Waals surface area contributed by atoms with Crippen molar-refractivity contribution in [2.45, 2.75) is 46.2 Å². The Kier molecular flexibility index (Phi) is 5.76. The number of hydrogen-bond donors (Lipinski definition) is 4. The van der Waals surface area contributed by atoms with Gasteiger partial charge in [0.05, 0.1) is 18.8 Å². The average Bonchev–Trinajstić information content (AvgIpc) is 2.27. The lowest BCUT2D eigenvalue weighted by molar-refractivity contribution is -0.134. The molecule has 1 unspecified atom stereocenters. The van der Waals surface area contributed by atoms with Gasteiger partial charge in [-0.1, -0.05) is 20.8 Å². The Morgan fingerprint density at radius 1 is 1.11 bits per heavy atom. The van der Waals surface area contributed by atoms with Gasteiger partial charge in [-0.05, 0) is 13.8 Å². The standard InChI is InChI=1S/C12H24N2O4/c1-8(13-10(18)11(2,3)4)9(17)14-12(5,6-15)7-16/h8,15-16H,6-7H2,1-5H3,(H,13,18)(H,14,17). The largest absolute Gasteiger partial charge is 0.394 e. The smallest absolute Gasteiger partial charge is 0.242 e. The van der Waals surface area contributed by atoms with Crippen LogP contribution in [-0.4, -0.2) is 46.8 Å². The zero-order valence-electron chi connectivity index (χ0n) is 11.7. The minimum atomic E-state index is -1.09. The number of rotatable bonds is 5. The van der Waals surface area contributed by atoms with Crippen LogP contribution in [-0.2, 0) is 9.59 Å². The molecule has 2 amide bonds. The zero-order valence-corrected chi connectivity index (χ0v) is 11.7. The van der Waals surface area contributed by atoms with Gasteiger partial charge >= 0.3 is 0 Å². The van der Waals surface area contributed by atoms with Gasteiger partial charge in [0.1, 0.15) is 6.04 Å². The molecule has 4 N–H and O–H groups in total. The molecule has 0 radical (unpaired) electrons. The van der Waals surface area contributed by atoms with Crippen molar-refractivity contribution in [1.82, 2.24) is 10.6 Å². The summed E-state index contributed by atoms with van der Waals surface area (Å²) in [4.78, 5) is 23.5. The Hall–Kier alpha value is -1.14.